The maximum absolute atomic E-state index is 12.4. The number of amides is 2. The van der Waals surface area contributed by atoms with Crippen LogP contribution in [0.15, 0.2) is 4.99 Å². The minimum Gasteiger partial charge on any atom is -0.370 e. The Labute approximate surface area is 157 Å². The highest BCUT2D eigenvalue weighted by atomic mass is 16.2. The van der Waals surface area contributed by atoms with Gasteiger partial charge in [0.25, 0.3) is 0 Å². The van der Waals surface area contributed by atoms with Gasteiger partial charge in [0.15, 0.2) is 5.96 Å². The van der Waals surface area contributed by atoms with Gasteiger partial charge in [0.05, 0.1) is 6.54 Å². The Bertz CT molecular complexity index is 508. The summed E-state index contributed by atoms with van der Waals surface area (Å²) in [6.07, 6.45) is 5.28. The van der Waals surface area contributed by atoms with Crippen LogP contribution in [-0.4, -0.2) is 66.8 Å². The molecule has 2 saturated heterocycles. The number of aliphatic imine (C=N–C) groups is 1. The second-order valence-electron chi connectivity index (χ2n) is 7.70. The van der Waals surface area contributed by atoms with E-state index >= 15 is 0 Å². The minimum atomic E-state index is -0.236. The van der Waals surface area contributed by atoms with Crippen LogP contribution in [0.5, 0.6) is 0 Å². The van der Waals surface area contributed by atoms with Gasteiger partial charge in [0.2, 0.25) is 11.8 Å². The molecule has 3 N–H and O–H groups in total. The fourth-order valence-electron chi connectivity index (χ4n) is 3.97. The predicted molar refractivity (Wildman–Crippen MR) is 104 cm³/mol. The Morgan fingerprint density at radius 3 is 2.58 bits per heavy atom. The number of hydrogen-bond acceptors (Lipinski definition) is 3. The van der Waals surface area contributed by atoms with Gasteiger partial charge in [0.1, 0.15) is 0 Å². The molecule has 2 atom stereocenters. The van der Waals surface area contributed by atoms with Crippen LogP contribution in [0.1, 0.15) is 52.4 Å². The van der Waals surface area contributed by atoms with Crippen molar-refractivity contribution in [2.24, 2.45) is 22.6 Å². The highest BCUT2D eigenvalue weighted by Gasteiger charge is 2.24. The van der Waals surface area contributed by atoms with Gasteiger partial charge < -0.3 is 20.9 Å². The fraction of sp³-hybridized carbons (Fsp3) is 0.842. The van der Waals surface area contributed by atoms with Crippen LogP contribution in [0.2, 0.25) is 0 Å². The van der Waals surface area contributed by atoms with Crippen LogP contribution in [0, 0.1) is 11.8 Å². The van der Waals surface area contributed by atoms with E-state index in [1.54, 1.807) is 0 Å². The van der Waals surface area contributed by atoms with Crippen molar-refractivity contribution in [3.05, 3.63) is 0 Å². The van der Waals surface area contributed by atoms with Crippen molar-refractivity contribution in [2.75, 3.05) is 39.3 Å². The standard InChI is InChI=1S/C19H35N5O2/c1-3-21-19(24-11-5-7-16(14-24)12-17(20)25)22-9-8-18(26)23-10-4-6-15(2)13-23/h15-16H,3-14H2,1-2H3,(H2,20,25)(H,21,22). The molecule has 26 heavy (non-hydrogen) atoms. The van der Waals surface area contributed by atoms with Crippen LogP contribution >= 0.6 is 0 Å². The number of nitrogens with one attached hydrogen (secondary N) is 1. The average molecular weight is 366 g/mol. The monoisotopic (exact) mass is 365 g/mol. The molecule has 0 aromatic rings. The topological polar surface area (TPSA) is 91.0 Å². The van der Waals surface area contributed by atoms with Gasteiger partial charge >= 0.3 is 0 Å². The molecule has 2 rings (SSSR count). The van der Waals surface area contributed by atoms with Crippen LogP contribution in [0.25, 0.3) is 0 Å². The molecule has 2 heterocycles. The lowest BCUT2D eigenvalue weighted by atomic mass is 9.95. The van der Waals surface area contributed by atoms with E-state index in [-0.39, 0.29) is 11.8 Å². The molecule has 0 aromatic heterocycles. The van der Waals surface area contributed by atoms with E-state index in [0.717, 1.165) is 57.9 Å². The van der Waals surface area contributed by atoms with E-state index in [2.05, 4.69) is 22.1 Å². The van der Waals surface area contributed by atoms with Crippen molar-refractivity contribution in [3.63, 3.8) is 0 Å². The summed E-state index contributed by atoms with van der Waals surface area (Å²) in [5, 5.41) is 3.32. The Balaban J connectivity index is 1.87. The molecule has 0 spiro atoms. The smallest absolute Gasteiger partial charge is 0.224 e. The molecular formula is C19H35N5O2. The van der Waals surface area contributed by atoms with Crippen LogP contribution in [0.3, 0.4) is 0 Å². The highest BCUT2D eigenvalue weighted by Crippen LogP contribution is 2.19. The molecular weight excluding hydrogens is 330 g/mol. The lowest BCUT2D eigenvalue weighted by Crippen LogP contribution is -2.47. The fourth-order valence-corrected chi connectivity index (χ4v) is 3.97. The number of guanidine groups is 1. The third-order valence-electron chi connectivity index (χ3n) is 5.24. The number of nitrogens with two attached hydrogens (primary N) is 1. The van der Waals surface area contributed by atoms with Crippen molar-refractivity contribution in [2.45, 2.75) is 52.4 Å². The Kier molecular flexibility index (Phi) is 8.19. The zero-order valence-electron chi connectivity index (χ0n) is 16.4. The third kappa shape index (κ3) is 6.50. The van der Waals surface area contributed by atoms with Crippen molar-refractivity contribution in [1.29, 1.82) is 0 Å². The van der Waals surface area contributed by atoms with E-state index in [9.17, 15) is 9.59 Å². The van der Waals surface area contributed by atoms with Crippen LogP contribution in [-0.2, 0) is 9.59 Å². The van der Waals surface area contributed by atoms with Gasteiger partial charge in [-0.2, -0.15) is 0 Å². The summed E-state index contributed by atoms with van der Waals surface area (Å²) in [7, 11) is 0. The van der Waals surface area contributed by atoms with E-state index in [4.69, 9.17) is 5.73 Å². The second-order valence-corrected chi connectivity index (χ2v) is 7.70. The SMILES string of the molecule is CCNC(=NCCC(=O)N1CCCC(C)C1)N1CCCC(CC(N)=O)C1. The Morgan fingerprint density at radius 1 is 1.15 bits per heavy atom. The normalized spacial score (nSPS) is 24.5. The van der Waals surface area contributed by atoms with Gasteiger partial charge in [0, 0.05) is 45.6 Å². The zero-order valence-corrected chi connectivity index (χ0v) is 16.4. The first-order chi connectivity index (χ1) is 12.5. The van der Waals surface area contributed by atoms with E-state index < -0.39 is 0 Å². The number of hydrogen-bond donors (Lipinski definition) is 2. The van der Waals surface area contributed by atoms with Gasteiger partial charge in [-0.3, -0.25) is 14.6 Å². The maximum atomic E-state index is 12.4. The zero-order chi connectivity index (χ0) is 18.9. The summed E-state index contributed by atoms with van der Waals surface area (Å²) in [4.78, 5) is 32.5. The second kappa shape index (κ2) is 10.4. The van der Waals surface area contributed by atoms with Crippen LogP contribution < -0.4 is 11.1 Å². The molecule has 0 saturated carbocycles. The molecule has 2 amide bonds. The van der Waals surface area contributed by atoms with E-state index in [1.165, 1.54) is 6.42 Å². The molecule has 148 valence electrons. The molecule has 2 aliphatic rings. The third-order valence-corrected chi connectivity index (χ3v) is 5.24. The number of carbonyl (C=O) groups is 2. The maximum Gasteiger partial charge on any atom is 0.224 e. The minimum absolute atomic E-state index is 0.210. The van der Waals surface area contributed by atoms with Gasteiger partial charge in [-0.15, -0.1) is 0 Å². The first kappa shape index (κ1) is 20.5. The van der Waals surface area contributed by atoms with Crippen molar-refractivity contribution in [1.82, 2.24) is 15.1 Å². The van der Waals surface area contributed by atoms with Gasteiger partial charge in [-0.05, 0) is 44.4 Å². The highest BCUT2D eigenvalue weighted by molar-refractivity contribution is 5.81. The largest absolute Gasteiger partial charge is 0.370 e. The van der Waals surface area contributed by atoms with Gasteiger partial charge in [-0.25, -0.2) is 0 Å². The number of primary amides is 1. The first-order valence-corrected chi connectivity index (χ1v) is 10.1. The number of carbonyl (C=O) groups excluding carboxylic acids is 2. The lowest BCUT2D eigenvalue weighted by Gasteiger charge is -2.34. The predicted octanol–water partition coefficient (Wildman–Crippen LogP) is 1.19. The van der Waals surface area contributed by atoms with Crippen LogP contribution in [0.4, 0.5) is 0 Å². The lowest BCUT2D eigenvalue weighted by molar-refractivity contribution is -0.132. The summed E-state index contributed by atoms with van der Waals surface area (Å²) < 4.78 is 0. The number of rotatable bonds is 6. The molecule has 2 aliphatic heterocycles. The van der Waals surface area contributed by atoms with E-state index in [1.807, 2.05) is 11.8 Å². The number of nitrogens with zero attached hydrogens (tertiary/aromatic N) is 3. The van der Waals surface area contributed by atoms with Gasteiger partial charge in [-0.1, -0.05) is 6.92 Å². The summed E-state index contributed by atoms with van der Waals surface area (Å²) in [6, 6.07) is 0. The summed E-state index contributed by atoms with van der Waals surface area (Å²) >= 11 is 0. The van der Waals surface area contributed by atoms with Crippen molar-refractivity contribution >= 4 is 17.8 Å². The quantitative estimate of drug-likeness (QED) is 0.546. The molecule has 0 bridgehead atoms. The molecule has 0 aliphatic carbocycles. The summed E-state index contributed by atoms with van der Waals surface area (Å²) in [5.41, 5.74) is 5.35. The Morgan fingerprint density at radius 2 is 1.88 bits per heavy atom. The first-order valence-electron chi connectivity index (χ1n) is 10.1. The molecule has 0 aromatic carbocycles. The molecule has 7 nitrogen and oxygen atoms in total. The Hall–Kier alpha value is -1.79. The van der Waals surface area contributed by atoms with Crippen molar-refractivity contribution in [3.8, 4) is 0 Å². The summed E-state index contributed by atoms with van der Waals surface area (Å²) in [5.74, 6) is 1.72. The summed E-state index contributed by atoms with van der Waals surface area (Å²) in [6.45, 7) is 9.03. The van der Waals surface area contributed by atoms with E-state index in [0.29, 0.717) is 31.2 Å². The van der Waals surface area contributed by atoms with Crippen molar-refractivity contribution < 1.29 is 9.59 Å². The molecule has 7 heteroatoms. The number of piperidine rings is 2. The molecule has 2 unspecified atom stereocenters. The average Bonchev–Trinajstić information content (AvgIpc) is 2.60. The molecule has 0 radical (unpaired) electrons. The molecule has 2 fully saturated rings. The number of likely N-dealkylation sites (tertiary alicyclic amines) is 2.